The zero-order chi connectivity index (χ0) is 20.4. The highest BCUT2D eigenvalue weighted by Gasteiger charge is 2.58. The number of H-pyrrole nitrogens is 1. The van der Waals surface area contributed by atoms with Gasteiger partial charge >= 0.3 is 0 Å². The van der Waals surface area contributed by atoms with Crippen LogP contribution < -0.4 is 9.63 Å². The molecule has 2 unspecified atom stereocenters. The monoisotopic (exact) mass is 420 g/mol. The molecule has 0 spiro atoms. The first-order chi connectivity index (χ1) is 13.8. The number of quaternary nitrogens is 1. The summed E-state index contributed by atoms with van der Waals surface area (Å²) in [5.74, 6) is 2.29. The Balaban J connectivity index is 1.62. The molecule has 158 valence electrons. The van der Waals surface area contributed by atoms with E-state index >= 15 is 0 Å². The van der Waals surface area contributed by atoms with Gasteiger partial charge in [-0.05, 0) is 43.0 Å². The van der Waals surface area contributed by atoms with Crippen molar-refractivity contribution in [3.05, 3.63) is 29.5 Å². The summed E-state index contributed by atoms with van der Waals surface area (Å²) in [6.07, 6.45) is 4.27. The highest BCUT2D eigenvalue weighted by atomic mass is 31.2. The fourth-order valence-corrected chi connectivity index (χ4v) is 7.10. The molecular formula is C21H29N2O5P. The Labute approximate surface area is 170 Å². The van der Waals surface area contributed by atoms with Gasteiger partial charge in [-0.25, -0.2) is 0 Å². The van der Waals surface area contributed by atoms with Crippen molar-refractivity contribution in [3.63, 3.8) is 0 Å². The molecule has 1 aromatic heterocycles. The van der Waals surface area contributed by atoms with Gasteiger partial charge in [-0.1, -0.05) is 6.92 Å². The molecular weight excluding hydrogens is 391 g/mol. The summed E-state index contributed by atoms with van der Waals surface area (Å²) in [5.41, 5.74) is 3.79. The van der Waals surface area contributed by atoms with E-state index in [0.717, 1.165) is 43.6 Å². The molecule has 1 aromatic carbocycles. The fraction of sp³-hybridized carbons (Fsp3) is 0.619. The number of nitrogens with zero attached hydrogens (tertiary/aromatic N) is 1. The van der Waals surface area contributed by atoms with Crippen LogP contribution in [-0.4, -0.2) is 47.3 Å². The van der Waals surface area contributed by atoms with Gasteiger partial charge in [0, 0.05) is 34.9 Å². The number of hydrogen-bond acceptors (Lipinski definition) is 4. The molecule has 0 amide bonds. The van der Waals surface area contributed by atoms with Crippen LogP contribution in [0.4, 0.5) is 0 Å². The predicted octanol–water partition coefficient (Wildman–Crippen LogP) is 2.89. The Morgan fingerprint density at radius 1 is 1.38 bits per heavy atom. The first-order valence-electron chi connectivity index (χ1n) is 10.6. The number of rotatable bonds is 5. The summed E-state index contributed by atoms with van der Waals surface area (Å²) in [6, 6.07) is 6.49. The van der Waals surface area contributed by atoms with E-state index in [1.807, 2.05) is 6.07 Å². The lowest BCUT2D eigenvalue weighted by molar-refractivity contribution is -0.982. The van der Waals surface area contributed by atoms with E-state index in [1.165, 1.54) is 23.1 Å². The zero-order valence-corrected chi connectivity index (χ0v) is 17.9. The summed E-state index contributed by atoms with van der Waals surface area (Å²) in [5, 5.41) is 1.20. The molecule has 8 heteroatoms. The van der Waals surface area contributed by atoms with Crippen LogP contribution >= 0.6 is 7.82 Å². The maximum Gasteiger partial charge on any atom is 0.269 e. The van der Waals surface area contributed by atoms with Crippen LogP contribution in [0.5, 0.6) is 5.75 Å². The maximum absolute atomic E-state index is 11.4. The summed E-state index contributed by atoms with van der Waals surface area (Å²) in [4.78, 5) is 24.4. The lowest BCUT2D eigenvalue weighted by Crippen LogP contribution is -2.69. The number of fused-ring (bicyclic) bond motifs is 4. The first-order valence-corrected chi connectivity index (χ1v) is 12.1. The van der Waals surface area contributed by atoms with Gasteiger partial charge in [-0.2, -0.15) is 0 Å². The highest BCUT2D eigenvalue weighted by Crippen LogP contribution is 2.55. The van der Waals surface area contributed by atoms with Gasteiger partial charge in [-0.15, -0.1) is 0 Å². The molecule has 1 saturated carbocycles. The first kappa shape index (κ1) is 19.6. The van der Waals surface area contributed by atoms with Crippen LogP contribution in [0.1, 0.15) is 43.4 Å². The van der Waals surface area contributed by atoms with Crippen LogP contribution in [0.25, 0.3) is 10.9 Å². The van der Waals surface area contributed by atoms with Crippen molar-refractivity contribution in [3.8, 4) is 5.75 Å². The average molecular weight is 420 g/mol. The Kier molecular flexibility index (Phi) is 4.61. The molecule has 2 aromatic rings. The number of ether oxygens (including phenoxy) is 1. The minimum Gasteiger partial charge on any atom is -0.756 e. The average Bonchev–Trinajstić information content (AvgIpc) is 3.03. The Morgan fingerprint density at radius 2 is 2.21 bits per heavy atom. The number of aromatic nitrogens is 1. The molecule has 6 atom stereocenters. The van der Waals surface area contributed by atoms with E-state index in [-0.39, 0.29) is 6.73 Å². The lowest BCUT2D eigenvalue weighted by Gasteiger charge is -2.58. The molecule has 3 aliphatic heterocycles. The molecule has 3 fully saturated rings. The number of piperidine rings is 2. The number of phosphoric ester groups is 1. The molecule has 4 aliphatic rings. The summed E-state index contributed by atoms with van der Waals surface area (Å²) in [6.45, 7) is 4.03. The van der Waals surface area contributed by atoms with Crippen LogP contribution in [0.2, 0.25) is 0 Å². The summed E-state index contributed by atoms with van der Waals surface area (Å²) in [7, 11) is -3.06. The molecule has 0 radical (unpaired) electrons. The third kappa shape index (κ3) is 3.15. The molecule has 29 heavy (non-hydrogen) atoms. The number of hydrogen-bond donors (Lipinski definition) is 2. The molecule has 4 heterocycles. The summed E-state index contributed by atoms with van der Waals surface area (Å²) >= 11 is 0. The second-order valence-corrected chi connectivity index (χ2v) is 10.3. The van der Waals surface area contributed by atoms with Crippen LogP contribution in [0.15, 0.2) is 18.2 Å². The van der Waals surface area contributed by atoms with Gasteiger partial charge in [0.1, 0.15) is 11.8 Å². The molecule has 2 N–H and O–H groups in total. The maximum atomic E-state index is 11.4. The largest absolute Gasteiger partial charge is 0.756 e. The van der Waals surface area contributed by atoms with Crippen molar-refractivity contribution in [2.24, 2.45) is 11.8 Å². The lowest BCUT2D eigenvalue weighted by atomic mass is 9.64. The Bertz CT molecular complexity index is 985. The van der Waals surface area contributed by atoms with Gasteiger partial charge in [0.2, 0.25) is 0 Å². The quantitative estimate of drug-likeness (QED) is 0.573. The molecule has 2 saturated heterocycles. The normalized spacial score (nSPS) is 35.2. The standard InChI is InChI=1S/C21H29N2O5P/c1-3-14-8-13-9-18-20-16(17-10-15(27-2)4-5-19(17)22-20)6-7-23(11-13,21(14)18)12-28-29(24,25)26/h4-5,10,13-14,18,21-22H,3,6-9,11-12H2,1-2H3,(H-,24,25,26)/t13-,14-,18-,21?,23-/m0/s1. The molecule has 7 nitrogen and oxygen atoms in total. The van der Waals surface area contributed by atoms with Crippen molar-refractivity contribution in [2.45, 2.75) is 44.6 Å². The Morgan fingerprint density at radius 3 is 2.93 bits per heavy atom. The number of methoxy groups -OCH3 is 1. The van der Waals surface area contributed by atoms with Crippen molar-refractivity contribution in [1.29, 1.82) is 0 Å². The third-order valence-electron chi connectivity index (χ3n) is 7.70. The van der Waals surface area contributed by atoms with Crippen LogP contribution in [0, 0.1) is 11.8 Å². The van der Waals surface area contributed by atoms with E-state index < -0.39 is 7.82 Å². The van der Waals surface area contributed by atoms with E-state index in [2.05, 4.69) is 24.0 Å². The summed E-state index contributed by atoms with van der Waals surface area (Å²) < 4.78 is 22.5. The van der Waals surface area contributed by atoms with Gasteiger partial charge in [0.25, 0.3) is 7.82 Å². The van der Waals surface area contributed by atoms with Crippen molar-refractivity contribution >= 4 is 18.7 Å². The van der Waals surface area contributed by atoms with Crippen molar-refractivity contribution in [1.82, 2.24) is 4.98 Å². The van der Waals surface area contributed by atoms with Crippen LogP contribution in [-0.2, 0) is 15.5 Å². The number of nitrogens with one attached hydrogen (secondary N) is 1. The van der Waals surface area contributed by atoms with Crippen LogP contribution in [0.3, 0.4) is 0 Å². The number of phosphoric acid groups is 1. The second kappa shape index (κ2) is 6.82. The zero-order valence-electron chi connectivity index (χ0n) is 17.0. The van der Waals surface area contributed by atoms with Gasteiger partial charge in [0.05, 0.1) is 26.1 Å². The smallest absolute Gasteiger partial charge is 0.269 e. The minimum absolute atomic E-state index is 0.0387. The number of aromatic amines is 1. The predicted molar refractivity (Wildman–Crippen MR) is 107 cm³/mol. The fourth-order valence-electron chi connectivity index (χ4n) is 6.73. The minimum atomic E-state index is -4.75. The van der Waals surface area contributed by atoms with E-state index in [9.17, 15) is 14.4 Å². The highest BCUT2D eigenvalue weighted by molar-refractivity contribution is 7.44. The van der Waals surface area contributed by atoms with Gasteiger partial charge < -0.3 is 19.5 Å². The van der Waals surface area contributed by atoms with E-state index in [4.69, 9.17) is 9.26 Å². The topological polar surface area (TPSA) is 94.6 Å². The van der Waals surface area contributed by atoms with E-state index in [1.54, 1.807) is 7.11 Å². The van der Waals surface area contributed by atoms with Crippen molar-refractivity contribution in [2.75, 3.05) is 26.9 Å². The van der Waals surface area contributed by atoms with Gasteiger partial charge in [-0.3, -0.25) is 13.6 Å². The second-order valence-electron chi connectivity index (χ2n) is 9.13. The molecule has 6 rings (SSSR count). The molecule has 1 aliphatic carbocycles. The molecule has 4 bridgehead atoms. The van der Waals surface area contributed by atoms with Crippen molar-refractivity contribution < 1.29 is 28.1 Å². The third-order valence-corrected chi connectivity index (χ3v) is 8.14. The van der Waals surface area contributed by atoms with Gasteiger partial charge in [0.15, 0.2) is 6.73 Å². The Hall–Kier alpha value is -1.37. The number of benzene rings is 1. The SMILES string of the molecule is CC[C@H]1C[C@H]2C[C@H]3c4[nH]c5ccc(OC)cc5c4CC[N@@+](COP(=O)([O-])O)(C2)C13. The van der Waals surface area contributed by atoms with E-state index in [0.29, 0.717) is 28.3 Å².